The first-order valence-corrected chi connectivity index (χ1v) is 15.8. The largest absolute Gasteiger partial charge is 0.481 e. The van der Waals surface area contributed by atoms with E-state index in [9.17, 15) is 0 Å². The van der Waals surface area contributed by atoms with Crippen molar-refractivity contribution < 1.29 is 18.9 Å². The van der Waals surface area contributed by atoms with Gasteiger partial charge in [-0.25, -0.2) is 9.67 Å². The number of aromatic nitrogens is 5. The van der Waals surface area contributed by atoms with Crippen molar-refractivity contribution in [2.45, 2.75) is 58.1 Å². The molecule has 4 heterocycles. The average molecular weight is 488 g/mol. The lowest BCUT2D eigenvalue weighted by molar-refractivity contribution is -0.0334. The lowest BCUT2D eigenvalue weighted by Gasteiger charge is -2.15. The summed E-state index contributed by atoms with van der Waals surface area (Å²) < 4.78 is 25.0. The van der Waals surface area contributed by atoms with Crippen LogP contribution in [-0.4, -0.2) is 72.6 Å². The molecule has 1 saturated carbocycles. The summed E-state index contributed by atoms with van der Waals surface area (Å²) in [5.41, 5.74) is 4.96. The molecule has 10 heteroatoms. The Bertz CT molecular complexity index is 1070. The fourth-order valence-electron chi connectivity index (χ4n) is 3.88. The van der Waals surface area contributed by atoms with E-state index in [1.54, 1.807) is 7.11 Å². The third-order valence-corrected chi connectivity index (χ3v) is 7.62. The normalized spacial score (nSPS) is 16.4. The molecule has 186 valence electrons. The summed E-state index contributed by atoms with van der Waals surface area (Å²) in [5.74, 6) is 1.36. The van der Waals surface area contributed by atoms with Crippen LogP contribution in [0, 0.1) is 6.92 Å². The molecule has 1 aliphatic heterocycles. The van der Waals surface area contributed by atoms with Crippen molar-refractivity contribution in [1.82, 2.24) is 24.4 Å². The van der Waals surface area contributed by atoms with E-state index >= 15 is 0 Å². The molecular formula is C24H37N5O4Si. The zero-order valence-electron chi connectivity index (χ0n) is 21.0. The molecule has 0 amide bonds. The highest BCUT2D eigenvalue weighted by atomic mass is 28.3. The summed E-state index contributed by atoms with van der Waals surface area (Å²) in [5, 5.41) is 9.00. The number of fused-ring (bicyclic) bond motifs is 1. The molecule has 0 spiro atoms. The van der Waals surface area contributed by atoms with Crippen molar-refractivity contribution in [2.75, 3.05) is 40.1 Å². The van der Waals surface area contributed by atoms with Gasteiger partial charge in [-0.05, 0) is 31.7 Å². The fourth-order valence-corrected chi connectivity index (χ4v) is 4.63. The van der Waals surface area contributed by atoms with Crippen LogP contribution in [0.25, 0.3) is 16.8 Å². The van der Waals surface area contributed by atoms with E-state index in [-0.39, 0.29) is 0 Å². The summed E-state index contributed by atoms with van der Waals surface area (Å²) in [6.07, 6.45) is 8.07. The Morgan fingerprint density at radius 3 is 2.35 bits per heavy atom. The Balaban J connectivity index is 0.000000398. The molecule has 0 aromatic carbocycles. The zero-order valence-corrected chi connectivity index (χ0v) is 22.0. The van der Waals surface area contributed by atoms with Crippen LogP contribution >= 0.6 is 0 Å². The Hall–Kier alpha value is -2.27. The van der Waals surface area contributed by atoms with Crippen LogP contribution in [0.4, 0.5) is 0 Å². The maximum atomic E-state index is 5.80. The third-order valence-electron chi connectivity index (χ3n) is 5.92. The molecule has 34 heavy (non-hydrogen) atoms. The molecule has 9 nitrogen and oxygen atoms in total. The number of aryl methyl sites for hydroxylation is 1. The summed E-state index contributed by atoms with van der Waals surface area (Å²) in [4.78, 5) is 4.85. The topological polar surface area (TPSA) is 84.9 Å². The Morgan fingerprint density at radius 2 is 1.76 bits per heavy atom. The highest BCUT2D eigenvalue weighted by molar-refractivity contribution is 6.76. The second kappa shape index (κ2) is 11.0. The van der Waals surface area contributed by atoms with E-state index < -0.39 is 8.07 Å². The number of rotatable bonds is 8. The second-order valence-corrected chi connectivity index (χ2v) is 15.7. The van der Waals surface area contributed by atoms with Gasteiger partial charge < -0.3 is 18.9 Å². The van der Waals surface area contributed by atoms with Crippen LogP contribution in [0.1, 0.15) is 30.0 Å². The molecule has 2 aliphatic rings. The van der Waals surface area contributed by atoms with Gasteiger partial charge in [0, 0.05) is 43.3 Å². The van der Waals surface area contributed by atoms with Crippen LogP contribution in [0.3, 0.4) is 0 Å². The molecule has 1 saturated heterocycles. The van der Waals surface area contributed by atoms with Gasteiger partial charge in [0.05, 0.1) is 45.9 Å². The lowest BCUT2D eigenvalue weighted by Crippen LogP contribution is -2.22. The Kier molecular flexibility index (Phi) is 8.02. The standard InChI is InChI=1S/C20H29N5O2Si.C4H8O2/c1-14-18(15-6-7-15)20(26-2)25-19(23-14)17(11-22-25)16-10-21-24(12-16)13-27-8-9-28(3,4)5;1-2-6-4-3-5-1/h10-12,15H,6-9,13H2,1-5H3;1-4H2. The second-order valence-electron chi connectivity index (χ2n) is 10.0. The van der Waals surface area contributed by atoms with Crippen molar-refractivity contribution in [2.24, 2.45) is 0 Å². The van der Waals surface area contributed by atoms with Gasteiger partial charge >= 0.3 is 0 Å². The predicted octanol–water partition coefficient (Wildman–Crippen LogP) is 4.13. The molecule has 3 aromatic rings. The maximum Gasteiger partial charge on any atom is 0.221 e. The molecule has 0 N–H and O–H groups in total. The molecule has 0 unspecified atom stereocenters. The molecule has 0 radical (unpaired) electrons. The lowest BCUT2D eigenvalue weighted by atomic mass is 10.1. The van der Waals surface area contributed by atoms with Gasteiger partial charge in [0.25, 0.3) is 0 Å². The first-order valence-electron chi connectivity index (χ1n) is 12.1. The van der Waals surface area contributed by atoms with Crippen LogP contribution < -0.4 is 4.74 Å². The van der Waals surface area contributed by atoms with E-state index in [0.29, 0.717) is 12.6 Å². The molecule has 1 aliphatic carbocycles. The van der Waals surface area contributed by atoms with Gasteiger partial charge in [0.1, 0.15) is 6.73 Å². The number of ether oxygens (including phenoxy) is 4. The molecule has 2 fully saturated rings. The van der Waals surface area contributed by atoms with Gasteiger partial charge in [0.2, 0.25) is 5.88 Å². The minimum absolute atomic E-state index is 0.464. The number of hydrogen-bond acceptors (Lipinski definition) is 7. The quantitative estimate of drug-likeness (QED) is 0.349. The van der Waals surface area contributed by atoms with Crippen LogP contribution in [0.15, 0.2) is 18.6 Å². The smallest absolute Gasteiger partial charge is 0.221 e. The minimum Gasteiger partial charge on any atom is -0.481 e. The maximum absolute atomic E-state index is 5.80. The van der Waals surface area contributed by atoms with E-state index in [0.717, 1.165) is 67.4 Å². The first-order chi connectivity index (χ1) is 16.4. The monoisotopic (exact) mass is 487 g/mol. The van der Waals surface area contributed by atoms with E-state index in [2.05, 4.69) is 36.8 Å². The summed E-state index contributed by atoms with van der Waals surface area (Å²) >= 11 is 0. The van der Waals surface area contributed by atoms with Crippen molar-refractivity contribution in [3.63, 3.8) is 0 Å². The van der Waals surface area contributed by atoms with Gasteiger partial charge in [-0.2, -0.15) is 14.7 Å². The number of nitrogens with zero attached hydrogens (tertiary/aromatic N) is 5. The number of hydrogen-bond donors (Lipinski definition) is 0. The molecule has 0 bridgehead atoms. The summed E-state index contributed by atoms with van der Waals surface area (Å²) in [6, 6.07) is 1.15. The Morgan fingerprint density at radius 1 is 1.06 bits per heavy atom. The fraction of sp³-hybridized carbons (Fsp3) is 0.625. The van der Waals surface area contributed by atoms with Gasteiger partial charge in [0.15, 0.2) is 5.65 Å². The van der Waals surface area contributed by atoms with Crippen molar-refractivity contribution in [3.05, 3.63) is 29.8 Å². The summed E-state index contributed by atoms with van der Waals surface area (Å²) in [6.45, 7) is 13.5. The van der Waals surface area contributed by atoms with Gasteiger partial charge in [-0.15, -0.1) is 0 Å². The van der Waals surface area contributed by atoms with Gasteiger partial charge in [-0.1, -0.05) is 19.6 Å². The summed E-state index contributed by atoms with van der Waals surface area (Å²) in [7, 11) is 0.633. The highest BCUT2D eigenvalue weighted by Crippen LogP contribution is 2.46. The predicted molar refractivity (Wildman–Crippen MR) is 133 cm³/mol. The number of methoxy groups -OCH3 is 1. The van der Waals surface area contributed by atoms with Crippen molar-refractivity contribution in [1.29, 1.82) is 0 Å². The molecule has 5 rings (SSSR count). The van der Waals surface area contributed by atoms with Crippen LogP contribution in [-0.2, 0) is 20.9 Å². The molecular weight excluding hydrogens is 450 g/mol. The highest BCUT2D eigenvalue weighted by Gasteiger charge is 2.31. The van der Waals surface area contributed by atoms with Crippen molar-refractivity contribution in [3.8, 4) is 17.0 Å². The van der Waals surface area contributed by atoms with E-state index in [1.807, 2.05) is 27.8 Å². The third kappa shape index (κ3) is 6.23. The van der Waals surface area contributed by atoms with E-state index in [4.69, 9.17) is 23.9 Å². The average Bonchev–Trinajstić information content (AvgIpc) is 3.40. The van der Waals surface area contributed by atoms with Crippen LogP contribution in [0.2, 0.25) is 25.7 Å². The van der Waals surface area contributed by atoms with Crippen LogP contribution in [0.5, 0.6) is 5.88 Å². The molecule has 3 aromatic heterocycles. The van der Waals surface area contributed by atoms with Gasteiger partial charge in [-0.3, -0.25) is 0 Å². The minimum atomic E-state index is -1.07. The van der Waals surface area contributed by atoms with Crippen molar-refractivity contribution >= 4 is 13.7 Å². The first kappa shape index (κ1) is 24.8. The Labute approximate surface area is 202 Å². The zero-order chi connectivity index (χ0) is 24.1. The SMILES string of the molecule is C1COCCO1.COc1c(C2CC2)c(C)nc2c(-c3cnn(COCC[Si](C)(C)C)c3)cnn12. The van der Waals surface area contributed by atoms with E-state index in [1.165, 1.54) is 18.4 Å². The molecule has 0 atom stereocenters.